The molecule has 0 aromatic heterocycles. The molecule has 1 aliphatic rings. The average Bonchev–Trinajstić information content (AvgIpc) is 2.14. The molecule has 1 unspecified atom stereocenters. The lowest BCUT2D eigenvalue weighted by atomic mass is 10.2. The SMILES string of the molecule is C=CC1CCCS1. The second kappa shape index (κ2) is 2.41. The van der Waals surface area contributed by atoms with Crippen LogP contribution in [0.25, 0.3) is 0 Å². The summed E-state index contributed by atoms with van der Waals surface area (Å²) in [5.41, 5.74) is 0. The van der Waals surface area contributed by atoms with E-state index in [4.69, 9.17) is 0 Å². The van der Waals surface area contributed by atoms with Gasteiger partial charge in [-0.1, -0.05) is 6.08 Å². The van der Waals surface area contributed by atoms with Gasteiger partial charge >= 0.3 is 0 Å². The Labute approximate surface area is 49.0 Å². The molecule has 0 nitrogen and oxygen atoms in total. The summed E-state index contributed by atoms with van der Waals surface area (Å²) in [5.74, 6) is 1.34. The van der Waals surface area contributed by atoms with Gasteiger partial charge < -0.3 is 0 Å². The Morgan fingerprint density at radius 2 is 2.57 bits per heavy atom. The minimum atomic E-state index is 0.778. The highest BCUT2D eigenvalue weighted by Gasteiger charge is 2.09. The van der Waals surface area contributed by atoms with Gasteiger partial charge in [0.25, 0.3) is 0 Å². The van der Waals surface area contributed by atoms with Crippen molar-refractivity contribution in [3.63, 3.8) is 0 Å². The van der Waals surface area contributed by atoms with E-state index in [2.05, 4.69) is 12.7 Å². The first kappa shape index (κ1) is 5.23. The van der Waals surface area contributed by atoms with E-state index in [1.807, 2.05) is 11.8 Å². The molecule has 0 radical (unpaired) electrons. The number of hydrogen-bond acceptors (Lipinski definition) is 1. The first-order valence-electron chi connectivity index (χ1n) is 2.67. The van der Waals surface area contributed by atoms with Gasteiger partial charge in [-0.3, -0.25) is 0 Å². The summed E-state index contributed by atoms with van der Waals surface area (Å²) in [6.07, 6.45) is 4.80. The zero-order valence-corrected chi connectivity index (χ0v) is 5.21. The van der Waals surface area contributed by atoms with Crippen LogP contribution in [0, 0.1) is 0 Å². The lowest BCUT2D eigenvalue weighted by Gasteiger charge is -1.94. The van der Waals surface area contributed by atoms with Crippen molar-refractivity contribution in [2.45, 2.75) is 18.1 Å². The zero-order valence-electron chi connectivity index (χ0n) is 4.39. The van der Waals surface area contributed by atoms with E-state index in [1.165, 1.54) is 18.6 Å². The van der Waals surface area contributed by atoms with Crippen LogP contribution in [0.2, 0.25) is 0 Å². The Morgan fingerprint density at radius 1 is 1.71 bits per heavy atom. The molecule has 1 heteroatoms. The third-order valence-electron chi connectivity index (χ3n) is 1.23. The van der Waals surface area contributed by atoms with Gasteiger partial charge in [0.15, 0.2) is 0 Å². The van der Waals surface area contributed by atoms with E-state index in [0.717, 1.165) is 5.25 Å². The Balaban J connectivity index is 2.26. The van der Waals surface area contributed by atoms with Gasteiger partial charge in [0, 0.05) is 5.25 Å². The molecular weight excluding hydrogens is 104 g/mol. The van der Waals surface area contributed by atoms with Gasteiger partial charge in [0.05, 0.1) is 0 Å². The highest BCUT2D eigenvalue weighted by Crippen LogP contribution is 2.26. The summed E-state index contributed by atoms with van der Waals surface area (Å²) in [6.45, 7) is 3.72. The van der Waals surface area contributed by atoms with Gasteiger partial charge in [0.2, 0.25) is 0 Å². The molecule has 0 spiro atoms. The van der Waals surface area contributed by atoms with Gasteiger partial charge in [-0.25, -0.2) is 0 Å². The van der Waals surface area contributed by atoms with E-state index in [9.17, 15) is 0 Å². The molecular formula is C6H10S. The number of thioether (sulfide) groups is 1. The van der Waals surface area contributed by atoms with Crippen LogP contribution in [0.4, 0.5) is 0 Å². The molecule has 7 heavy (non-hydrogen) atoms. The smallest absolute Gasteiger partial charge is 0.0224 e. The molecule has 40 valence electrons. The zero-order chi connectivity index (χ0) is 5.11. The molecule has 0 bridgehead atoms. The molecule has 1 aliphatic heterocycles. The third kappa shape index (κ3) is 1.23. The predicted octanol–water partition coefficient (Wildman–Crippen LogP) is 2.07. The standard InChI is InChI=1S/C6H10S/c1-2-6-4-3-5-7-6/h2,6H,1,3-5H2. The average molecular weight is 114 g/mol. The van der Waals surface area contributed by atoms with Crippen molar-refractivity contribution in [1.82, 2.24) is 0 Å². The van der Waals surface area contributed by atoms with E-state index in [0.29, 0.717) is 0 Å². The van der Waals surface area contributed by atoms with Gasteiger partial charge in [-0.2, -0.15) is 11.8 Å². The van der Waals surface area contributed by atoms with Crippen LogP contribution in [0.3, 0.4) is 0 Å². The summed E-state index contributed by atoms with van der Waals surface area (Å²) in [4.78, 5) is 0. The molecule has 1 saturated heterocycles. The lowest BCUT2D eigenvalue weighted by Crippen LogP contribution is -1.85. The lowest BCUT2D eigenvalue weighted by molar-refractivity contribution is 0.882. The minimum absolute atomic E-state index is 0.778. The van der Waals surface area contributed by atoms with Crippen molar-refractivity contribution >= 4 is 11.8 Å². The monoisotopic (exact) mass is 114 g/mol. The maximum Gasteiger partial charge on any atom is 0.0224 e. The van der Waals surface area contributed by atoms with Crippen molar-refractivity contribution in [3.05, 3.63) is 12.7 Å². The van der Waals surface area contributed by atoms with Crippen LogP contribution < -0.4 is 0 Å². The van der Waals surface area contributed by atoms with Crippen LogP contribution >= 0.6 is 11.8 Å². The number of rotatable bonds is 1. The van der Waals surface area contributed by atoms with Gasteiger partial charge in [-0.15, -0.1) is 6.58 Å². The maximum atomic E-state index is 3.72. The second-order valence-electron chi connectivity index (χ2n) is 1.79. The highest BCUT2D eigenvalue weighted by molar-refractivity contribution is 8.00. The molecule has 0 saturated carbocycles. The maximum absolute atomic E-state index is 3.72. The summed E-state index contributed by atoms with van der Waals surface area (Å²) in [6, 6.07) is 0. The van der Waals surface area contributed by atoms with E-state index in [1.54, 1.807) is 0 Å². The molecule has 1 rings (SSSR count). The van der Waals surface area contributed by atoms with Crippen LogP contribution in [0.1, 0.15) is 12.8 Å². The largest absolute Gasteiger partial charge is 0.154 e. The van der Waals surface area contributed by atoms with E-state index >= 15 is 0 Å². The minimum Gasteiger partial charge on any atom is -0.154 e. The van der Waals surface area contributed by atoms with Gasteiger partial charge in [0.1, 0.15) is 0 Å². The Kier molecular flexibility index (Phi) is 1.80. The summed E-state index contributed by atoms with van der Waals surface area (Å²) in [7, 11) is 0. The topological polar surface area (TPSA) is 0 Å². The second-order valence-corrected chi connectivity index (χ2v) is 3.13. The van der Waals surface area contributed by atoms with Crippen LogP contribution in [0.5, 0.6) is 0 Å². The van der Waals surface area contributed by atoms with Crippen molar-refractivity contribution in [1.29, 1.82) is 0 Å². The molecule has 1 heterocycles. The molecule has 0 aromatic rings. The Hall–Kier alpha value is 0.0900. The molecule has 1 atom stereocenters. The molecule has 0 amide bonds. The summed E-state index contributed by atoms with van der Waals surface area (Å²) >= 11 is 2.02. The van der Waals surface area contributed by atoms with E-state index in [-0.39, 0.29) is 0 Å². The van der Waals surface area contributed by atoms with E-state index < -0.39 is 0 Å². The Bertz CT molecular complexity index is 62.6. The van der Waals surface area contributed by atoms with Crippen molar-refractivity contribution in [3.8, 4) is 0 Å². The van der Waals surface area contributed by atoms with Gasteiger partial charge in [-0.05, 0) is 18.6 Å². The van der Waals surface area contributed by atoms with Crippen LogP contribution in [-0.4, -0.2) is 11.0 Å². The molecule has 1 fully saturated rings. The molecule has 0 N–H and O–H groups in total. The normalized spacial score (nSPS) is 30.6. The van der Waals surface area contributed by atoms with Crippen LogP contribution in [0.15, 0.2) is 12.7 Å². The van der Waals surface area contributed by atoms with Crippen molar-refractivity contribution < 1.29 is 0 Å². The van der Waals surface area contributed by atoms with Crippen LogP contribution in [-0.2, 0) is 0 Å². The van der Waals surface area contributed by atoms with Crippen molar-refractivity contribution in [2.24, 2.45) is 0 Å². The van der Waals surface area contributed by atoms with Crippen molar-refractivity contribution in [2.75, 3.05) is 5.75 Å². The third-order valence-corrected chi connectivity index (χ3v) is 2.61. The predicted molar refractivity (Wildman–Crippen MR) is 35.7 cm³/mol. The molecule has 0 aromatic carbocycles. The fourth-order valence-electron chi connectivity index (χ4n) is 0.788. The first-order valence-corrected chi connectivity index (χ1v) is 3.72. The fraction of sp³-hybridized carbons (Fsp3) is 0.667. The summed E-state index contributed by atoms with van der Waals surface area (Å²) in [5, 5.41) is 0.778. The quantitative estimate of drug-likeness (QED) is 0.470. The summed E-state index contributed by atoms with van der Waals surface area (Å²) < 4.78 is 0. The first-order chi connectivity index (χ1) is 3.43. The molecule has 0 aliphatic carbocycles. The highest BCUT2D eigenvalue weighted by atomic mass is 32.2. The number of hydrogen-bond donors (Lipinski definition) is 0. The Morgan fingerprint density at radius 3 is 2.86 bits per heavy atom. The fourth-order valence-corrected chi connectivity index (χ4v) is 1.89.